The summed E-state index contributed by atoms with van der Waals surface area (Å²) in [5.74, 6) is -0.431. The van der Waals surface area contributed by atoms with Crippen molar-refractivity contribution in [2.75, 3.05) is 19.8 Å². The molecule has 0 aromatic heterocycles. The van der Waals surface area contributed by atoms with Crippen LogP contribution in [0.25, 0.3) is 0 Å². The summed E-state index contributed by atoms with van der Waals surface area (Å²) in [6, 6.07) is 23.3. The molecule has 168 valence electrons. The molecule has 0 aliphatic carbocycles. The standard InChI is InChI=1S/C25H27NO5S/c1-2-30-25(27)19-31-23-10-6-7-11-24(23)32(28,29)22-14-12-20(13-15-22)16-17-26-18-21-8-4-3-5-9-21/h3-15,26H,2,16-19H2,1H3. The normalized spacial score (nSPS) is 11.2. The molecule has 32 heavy (non-hydrogen) atoms. The van der Waals surface area contributed by atoms with Gasteiger partial charge in [0.2, 0.25) is 9.84 Å². The zero-order valence-corrected chi connectivity index (χ0v) is 18.8. The molecule has 7 heteroatoms. The van der Waals surface area contributed by atoms with Crippen LogP contribution in [0, 0.1) is 0 Å². The number of hydrogen-bond donors (Lipinski definition) is 1. The Balaban J connectivity index is 1.63. The predicted octanol–water partition coefficient (Wildman–Crippen LogP) is 3.79. The zero-order chi connectivity index (χ0) is 22.8. The quantitative estimate of drug-likeness (QED) is 0.351. The minimum absolute atomic E-state index is 0.0153. The summed E-state index contributed by atoms with van der Waals surface area (Å²) >= 11 is 0. The third kappa shape index (κ3) is 6.42. The lowest BCUT2D eigenvalue weighted by Gasteiger charge is -2.12. The number of carbonyl (C=O) groups is 1. The van der Waals surface area contributed by atoms with Crippen LogP contribution in [0.15, 0.2) is 88.7 Å². The maximum absolute atomic E-state index is 13.1. The van der Waals surface area contributed by atoms with Gasteiger partial charge >= 0.3 is 5.97 Å². The Hall–Kier alpha value is -3.16. The van der Waals surface area contributed by atoms with Crippen molar-refractivity contribution in [3.63, 3.8) is 0 Å². The fourth-order valence-corrected chi connectivity index (χ4v) is 4.55. The summed E-state index contributed by atoms with van der Waals surface area (Å²) in [6.07, 6.45) is 0.784. The van der Waals surface area contributed by atoms with E-state index in [0.29, 0.717) is 0 Å². The van der Waals surface area contributed by atoms with Crippen LogP contribution in [0.4, 0.5) is 0 Å². The van der Waals surface area contributed by atoms with E-state index in [1.54, 1.807) is 31.2 Å². The predicted molar refractivity (Wildman–Crippen MR) is 122 cm³/mol. The Morgan fingerprint density at radius 1 is 0.875 bits per heavy atom. The summed E-state index contributed by atoms with van der Waals surface area (Å²) < 4.78 is 36.5. The molecule has 0 bridgehead atoms. The average Bonchev–Trinajstić information content (AvgIpc) is 2.82. The fourth-order valence-electron chi connectivity index (χ4n) is 3.15. The molecule has 0 radical (unpaired) electrons. The number of benzene rings is 3. The summed E-state index contributed by atoms with van der Waals surface area (Å²) in [5.41, 5.74) is 2.26. The van der Waals surface area contributed by atoms with Crippen LogP contribution in [0.1, 0.15) is 18.1 Å². The Labute approximate surface area is 189 Å². The molecule has 0 heterocycles. The van der Waals surface area contributed by atoms with Gasteiger partial charge in [-0.15, -0.1) is 0 Å². The van der Waals surface area contributed by atoms with E-state index in [9.17, 15) is 13.2 Å². The lowest BCUT2D eigenvalue weighted by atomic mass is 10.1. The molecule has 3 rings (SSSR count). The first-order chi connectivity index (χ1) is 15.5. The second-order valence-corrected chi connectivity index (χ2v) is 9.02. The number of para-hydroxylation sites is 1. The Kier molecular flexibility index (Phi) is 8.41. The van der Waals surface area contributed by atoms with Gasteiger partial charge in [0, 0.05) is 6.54 Å². The van der Waals surface area contributed by atoms with Gasteiger partial charge in [0.05, 0.1) is 11.5 Å². The van der Waals surface area contributed by atoms with Crippen LogP contribution < -0.4 is 10.1 Å². The SMILES string of the molecule is CCOC(=O)COc1ccccc1S(=O)(=O)c1ccc(CCNCc2ccccc2)cc1. The summed E-state index contributed by atoms with van der Waals surface area (Å²) in [6.45, 7) is 3.15. The van der Waals surface area contributed by atoms with Crippen molar-refractivity contribution in [2.24, 2.45) is 0 Å². The molecule has 0 fully saturated rings. The third-order valence-electron chi connectivity index (χ3n) is 4.79. The van der Waals surface area contributed by atoms with Crippen molar-refractivity contribution >= 4 is 15.8 Å². The second-order valence-electron chi connectivity index (χ2n) is 7.10. The Bertz CT molecular complexity index is 1110. The van der Waals surface area contributed by atoms with Gasteiger partial charge in [0.15, 0.2) is 6.61 Å². The molecule has 3 aromatic rings. The number of rotatable bonds is 11. The first-order valence-corrected chi connectivity index (χ1v) is 11.9. The molecule has 0 unspecified atom stereocenters. The summed E-state index contributed by atoms with van der Waals surface area (Å²) in [7, 11) is -3.80. The zero-order valence-electron chi connectivity index (χ0n) is 18.0. The van der Waals surface area contributed by atoms with Crippen molar-refractivity contribution < 1.29 is 22.7 Å². The lowest BCUT2D eigenvalue weighted by Crippen LogP contribution is -2.16. The van der Waals surface area contributed by atoms with Crippen LogP contribution in [-0.2, 0) is 32.3 Å². The number of carbonyl (C=O) groups excluding carboxylic acids is 1. The first-order valence-electron chi connectivity index (χ1n) is 10.5. The van der Waals surface area contributed by atoms with E-state index in [1.165, 1.54) is 17.7 Å². The molecule has 0 spiro atoms. The van der Waals surface area contributed by atoms with Crippen LogP contribution in [0.5, 0.6) is 5.75 Å². The smallest absolute Gasteiger partial charge is 0.344 e. The van der Waals surface area contributed by atoms with Gasteiger partial charge in [-0.1, -0.05) is 54.6 Å². The Morgan fingerprint density at radius 2 is 1.56 bits per heavy atom. The van der Waals surface area contributed by atoms with Crippen LogP contribution in [0.2, 0.25) is 0 Å². The molecule has 3 aromatic carbocycles. The van der Waals surface area contributed by atoms with Crippen molar-refractivity contribution in [3.05, 3.63) is 90.0 Å². The van der Waals surface area contributed by atoms with Gasteiger partial charge in [-0.3, -0.25) is 0 Å². The van der Waals surface area contributed by atoms with Gasteiger partial charge in [0.1, 0.15) is 10.6 Å². The molecular formula is C25H27NO5S. The monoisotopic (exact) mass is 453 g/mol. The highest BCUT2D eigenvalue weighted by molar-refractivity contribution is 7.91. The van der Waals surface area contributed by atoms with Gasteiger partial charge in [-0.05, 0) is 55.3 Å². The highest BCUT2D eigenvalue weighted by atomic mass is 32.2. The number of esters is 1. The summed E-state index contributed by atoms with van der Waals surface area (Å²) in [4.78, 5) is 11.8. The maximum Gasteiger partial charge on any atom is 0.344 e. The summed E-state index contributed by atoms with van der Waals surface area (Å²) in [5, 5.41) is 3.39. The van der Waals surface area contributed by atoms with E-state index < -0.39 is 15.8 Å². The molecule has 0 aliphatic heterocycles. The van der Waals surface area contributed by atoms with Gasteiger partial charge in [-0.25, -0.2) is 13.2 Å². The number of hydrogen-bond acceptors (Lipinski definition) is 6. The van der Waals surface area contributed by atoms with Crippen molar-refractivity contribution in [1.29, 1.82) is 0 Å². The number of sulfone groups is 1. The van der Waals surface area contributed by atoms with Crippen molar-refractivity contribution in [2.45, 2.75) is 29.7 Å². The first kappa shape index (κ1) is 23.5. The topological polar surface area (TPSA) is 81.7 Å². The van der Waals surface area contributed by atoms with E-state index in [0.717, 1.165) is 25.1 Å². The van der Waals surface area contributed by atoms with E-state index in [-0.39, 0.29) is 28.8 Å². The third-order valence-corrected chi connectivity index (χ3v) is 6.59. The number of ether oxygens (including phenoxy) is 2. The average molecular weight is 454 g/mol. The maximum atomic E-state index is 13.1. The second kappa shape index (κ2) is 11.5. The largest absolute Gasteiger partial charge is 0.481 e. The van der Waals surface area contributed by atoms with Gasteiger partial charge in [-0.2, -0.15) is 0 Å². The molecule has 0 saturated heterocycles. The molecule has 6 nitrogen and oxygen atoms in total. The van der Waals surface area contributed by atoms with E-state index >= 15 is 0 Å². The highest BCUT2D eigenvalue weighted by Gasteiger charge is 2.22. The molecule has 0 saturated carbocycles. The van der Waals surface area contributed by atoms with Gasteiger partial charge < -0.3 is 14.8 Å². The molecule has 0 atom stereocenters. The van der Waals surface area contributed by atoms with E-state index in [2.05, 4.69) is 17.4 Å². The van der Waals surface area contributed by atoms with Gasteiger partial charge in [0.25, 0.3) is 0 Å². The number of nitrogens with one attached hydrogen (secondary N) is 1. The molecule has 1 N–H and O–H groups in total. The minimum Gasteiger partial charge on any atom is -0.481 e. The molecular weight excluding hydrogens is 426 g/mol. The van der Waals surface area contributed by atoms with Crippen molar-refractivity contribution in [1.82, 2.24) is 5.32 Å². The molecule has 0 amide bonds. The lowest BCUT2D eigenvalue weighted by molar-refractivity contribution is -0.145. The van der Waals surface area contributed by atoms with E-state index in [4.69, 9.17) is 9.47 Å². The highest BCUT2D eigenvalue weighted by Crippen LogP contribution is 2.29. The van der Waals surface area contributed by atoms with Crippen molar-refractivity contribution in [3.8, 4) is 5.75 Å². The minimum atomic E-state index is -3.80. The molecule has 0 aliphatic rings. The van der Waals surface area contributed by atoms with Crippen LogP contribution in [0.3, 0.4) is 0 Å². The van der Waals surface area contributed by atoms with Crippen LogP contribution in [-0.4, -0.2) is 34.1 Å². The Morgan fingerprint density at radius 3 is 2.28 bits per heavy atom. The van der Waals surface area contributed by atoms with E-state index in [1.807, 2.05) is 30.3 Å². The van der Waals surface area contributed by atoms with Crippen LogP contribution >= 0.6 is 0 Å². The fraction of sp³-hybridized carbons (Fsp3) is 0.240.